The Balaban J connectivity index is 2.14. The van der Waals surface area contributed by atoms with Gasteiger partial charge in [0.1, 0.15) is 6.04 Å². The molecule has 2 atom stereocenters. The minimum Gasteiger partial charge on any atom is -0.352 e. The normalized spacial score (nSPS) is 12.9. The smallest absolute Gasteiger partial charge is 0.242 e. The van der Waals surface area contributed by atoms with Crippen LogP contribution in [-0.4, -0.2) is 34.6 Å². The lowest BCUT2D eigenvalue weighted by molar-refractivity contribution is -0.138. The van der Waals surface area contributed by atoms with Gasteiger partial charge in [-0.1, -0.05) is 48.4 Å². The zero-order chi connectivity index (χ0) is 21.4. The molecule has 4 nitrogen and oxygen atoms in total. The number of rotatable bonds is 9. The maximum atomic E-state index is 13.1. The predicted octanol–water partition coefficient (Wildman–Crippen LogP) is 5.07. The molecule has 1 N–H and O–H groups in total. The molecule has 0 saturated carbocycles. The van der Waals surface area contributed by atoms with Crippen molar-refractivity contribution in [3.8, 4) is 0 Å². The Morgan fingerprint density at radius 3 is 2.45 bits per heavy atom. The second-order valence-electron chi connectivity index (χ2n) is 7.25. The van der Waals surface area contributed by atoms with Crippen LogP contribution in [0.15, 0.2) is 53.4 Å². The van der Waals surface area contributed by atoms with Gasteiger partial charge in [-0.3, -0.25) is 9.59 Å². The minimum absolute atomic E-state index is 0.0648. The first-order valence-electron chi connectivity index (χ1n) is 9.84. The summed E-state index contributed by atoms with van der Waals surface area (Å²) < 4.78 is 0. The van der Waals surface area contributed by atoms with Crippen LogP contribution in [-0.2, 0) is 16.1 Å². The number of hydrogen-bond donors (Lipinski definition) is 1. The molecular weight excluding hydrogens is 404 g/mol. The average Bonchev–Trinajstić information content (AvgIpc) is 2.70. The van der Waals surface area contributed by atoms with Gasteiger partial charge in [0.25, 0.3) is 0 Å². The number of carbonyl (C=O) groups excluding carboxylic acids is 2. The van der Waals surface area contributed by atoms with Crippen molar-refractivity contribution in [2.24, 2.45) is 0 Å². The summed E-state index contributed by atoms with van der Waals surface area (Å²) in [4.78, 5) is 28.4. The van der Waals surface area contributed by atoms with Crippen LogP contribution in [0.5, 0.6) is 0 Å². The quantitative estimate of drug-likeness (QED) is 0.562. The Hall–Kier alpha value is -1.98. The topological polar surface area (TPSA) is 49.4 Å². The molecule has 0 bridgehead atoms. The summed E-state index contributed by atoms with van der Waals surface area (Å²) in [5, 5.41) is 3.59. The van der Waals surface area contributed by atoms with Crippen LogP contribution in [0.25, 0.3) is 0 Å². The molecule has 0 saturated heterocycles. The molecule has 0 unspecified atom stereocenters. The van der Waals surface area contributed by atoms with Crippen LogP contribution < -0.4 is 5.32 Å². The average molecular weight is 433 g/mol. The first-order chi connectivity index (χ1) is 13.8. The monoisotopic (exact) mass is 432 g/mol. The Morgan fingerprint density at radius 2 is 1.83 bits per heavy atom. The molecular formula is C23H29ClN2O2S. The van der Waals surface area contributed by atoms with Gasteiger partial charge in [0, 0.05) is 22.5 Å². The fourth-order valence-corrected chi connectivity index (χ4v) is 3.74. The van der Waals surface area contributed by atoms with Crippen LogP contribution in [0.4, 0.5) is 0 Å². The predicted molar refractivity (Wildman–Crippen MR) is 121 cm³/mol. The number of halogens is 1. The van der Waals surface area contributed by atoms with E-state index in [0.29, 0.717) is 11.6 Å². The number of carbonyl (C=O) groups is 2. The first kappa shape index (κ1) is 23.3. The second-order valence-corrected chi connectivity index (χ2v) is 8.73. The van der Waals surface area contributed by atoms with Gasteiger partial charge in [0.2, 0.25) is 11.8 Å². The van der Waals surface area contributed by atoms with Gasteiger partial charge in [-0.15, -0.1) is 11.8 Å². The molecule has 0 aliphatic carbocycles. The molecule has 2 amide bonds. The SMILES string of the molecule is CC[C@H](C)NC(=O)[C@@H](C)N(Cc1cccc(Cl)c1)C(=O)CSc1ccc(C)cc1. The molecule has 0 fully saturated rings. The van der Waals surface area contributed by atoms with Crippen LogP contribution in [0.2, 0.25) is 5.02 Å². The summed E-state index contributed by atoms with van der Waals surface area (Å²) >= 11 is 7.58. The van der Waals surface area contributed by atoms with Crippen molar-refractivity contribution in [2.75, 3.05) is 5.75 Å². The Kier molecular flexibility index (Phi) is 9.05. The molecule has 2 aromatic carbocycles. The maximum absolute atomic E-state index is 13.1. The van der Waals surface area contributed by atoms with E-state index >= 15 is 0 Å². The molecule has 6 heteroatoms. The van der Waals surface area contributed by atoms with Gasteiger partial charge < -0.3 is 10.2 Å². The highest BCUT2D eigenvalue weighted by Crippen LogP contribution is 2.21. The molecule has 0 heterocycles. The van der Waals surface area contributed by atoms with Crippen molar-refractivity contribution in [1.82, 2.24) is 10.2 Å². The summed E-state index contributed by atoms with van der Waals surface area (Å²) in [6, 6.07) is 14.9. The van der Waals surface area contributed by atoms with Crippen molar-refractivity contribution in [1.29, 1.82) is 0 Å². The van der Waals surface area contributed by atoms with Gasteiger partial charge >= 0.3 is 0 Å². The first-order valence-corrected chi connectivity index (χ1v) is 11.2. The van der Waals surface area contributed by atoms with E-state index < -0.39 is 6.04 Å². The summed E-state index contributed by atoms with van der Waals surface area (Å²) in [7, 11) is 0. The fraction of sp³-hybridized carbons (Fsp3) is 0.391. The van der Waals surface area contributed by atoms with Gasteiger partial charge in [-0.2, -0.15) is 0 Å². The number of aryl methyl sites for hydroxylation is 1. The highest BCUT2D eigenvalue weighted by molar-refractivity contribution is 8.00. The van der Waals surface area contributed by atoms with E-state index in [1.165, 1.54) is 17.3 Å². The molecule has 0 spiro atoms. The standard InChI is InChI=1S/C23H29ClN2O2S/c1-5-17(3)25-23(28)18(4)26(14-19-7-6-8-20(24)13-19)22(27)15-29-21-11-9-16(2)10-12-21/h6-13,17-18H,5,14-15H2,1-4H3,(H,25,28)/t17-,18+/m0/s1. The summed E-state index contributed by atoms with van der Waals surface area (Å²) in [5.41, 5.74) is 2.08. The van der Waals surface area contributed by atoms with Crippen LogP contribution in [0, 0.1) is 6.92 Å². The lowest BCUT2D eigenvalue weighted by Gasteiger charge is -2.29. The molecule has 0 radical (unpaired) electrons. The van der Waals surface area contributed by atoms with Gasteiger partial charge in [0.15, 0.2) is 0 Å². The van der Waals surface area contributed by atoms with E-state index in [0.717, 1.165) is 16.9 Å². The highest BCUT2D eigenvalue weighted by atomic mass is 35.5. The Labute approximate surface area is 183 Å². The Morgan fingerprint density at radius 1 is 1.14 bits per heavy atom. The zero-order valence-corrected chi connectivity index (χ0v) is 19.0. The summed E-state index contributed by atoms with van der Waals surface area (Å²) in [5.74, 6) is 0.0438. The molecule has 156 valence electrons. The molecule has 2 rings (SSSR count). The third-order valence-corrected chi connectivity index (χ3v) is 6.03. The third kappa shape index (κ3) is 7.41. The Bertz CT molecular complexity index is 826. The van der Waals surface area contributed by atoms with Crippen LogP contribution in [0.3, 0.4) is 0 Å². The number of benzene rings is 2. The molecule has 0 aliphatic heterocycles. The van der Waals surface area contributed by atoms with E-state index in [1.54, 1.807) is 17.9 Å². The largest absolute Gasteiger partial charge is 0.352 e. The number of nitrogens with one attached hydrogen (secondary N) is 1. The third-order valence-electron chi connectivity index (χ3n) is 4.79. The number of amides is 2. The molecule has 0 aromatic heterocycles. The minimum atomic E-state index is -0.575. The van der Waals surface area contributed by atoms with E-state index in [-0.39, 0.29) is 23.6 Å². The van der Waals surface area contributed by atoms with Gasteiger partial charge in [0.05, 0.1) is 5.75 Å². The van der Waals surface area contributed by atoms with Gasteiger partial charge in [-0.05, 0) is 57.0 Å². The van der Waals surface area contributed by atoms with Crippen molar-refractivity contribution >= 4 is 35.2 Å². The highest BCUT2D eigenvalue weighted by Gasteiger charge is 2.26. The van der Waals surface area contributed by atoms with Crippen LogP contribution in [0.1, 0.15) is 38.3 Å². The summed E-state index contributed by atoms with van der Waals surface area (Å²) in [6.07, 6.45) is 0.837. The van der Waals surface area contributed by atoms with Crippen molar-refractivity contribution in [2.45, 2.75) is 57.6 Å². The number of hydrogen-bond acceptors (Lipinski definition) is 3. The fourth-order valence-electron chi connectivity index (χ4n) is 2.74. The van der Waals surface area contributed by atoms with Gasteiger partial charge in [-0.25, -0.2) is 0 Å². The van der Waals surface area contributed by atoms with Crippen LogP contribution >= 0.6 is 23.4 Å². The lowest BCUT2D eigenvalue weighted by Crippen LogP contribution is -2.50. The van der Waals surface area contributed by atoms with Crippen molar-refractivity contribution in [3.63, 3.8) is 0 Å². The molecule has 29 heavy (non-hydrogen) atoms. The van der Waals surface area contributed by atoms with E-state index in [2.05, 4.69) is 5.32 Å². The zero-order valence-electron chi connectivity index (χ0n) is 17.4. The van der Waals surface area contributed by atoms with E-state index in [1.807, 2.05) is 63.2 Å². The maximum Gasteiger partial charge on any atom is 0.242 e. The van der Waals surface area contributed by atoms with E-state index in [4.69, 9.17) is 11.6 Å². The van der Waals surface area contributed by atoms with Crippen molar-refractivity contribution < 1.29 is 9.59 Å². The summed E-state index contributed by atoms with van der Waals surface area (Å²) in [6.45, 7) is 8.12. The van der Waals surface area contributed by atoms with E-state index in [9.17, 15) is 9.59 Å². The number of nitrogens with zero attached hydrogens (tertiary/aromatic N) is 1. The molecule has 2 aromatic rings. The second kappa shape index (κ2) is 11.3. The molecule has 0 aliphatic rings. The number of thioether (sulfide) groups is 1. The lowest BCUT2D eigenvalue weighted by atomic mass is 10.1. The van der Waals surface area contributed by atoms with Crippen molar-refractivity contribution in [3.05, 3.63) is 64.7 Å².